The van der Waals surface area contributed by atoms with E-state index in [2.05, 4.69) is 15.5 Å². The number of amides is 1. The maximum absolute atomic E-state index is 13.3. The zero-order chi connectivity index (χ0) is 26.7. The van der Waals surface area contributed by atoms with Crippen molar-refractivity contribution in [3.05, 3.63) is 62.5 Å². The number of anilines is 1. The number of nitrogens with one attached hydrogen (secondary N) is 1. The van der Waals surface area contributed by atoms with Crippen LogP contribution >= 0.6 is 23.2 Å². The monoisotopic (exact) mass is 558 g/mol. The molecule has 4 bridgehead atoms. The third kappa shape index (κ3) is 4.53. The Bertz CT molecular complexity index is 1400. The zero-order valence-electron chi connectivity index (χ0n) is 20.9. The van der Waals surface area contributed by atoms with Gasteiger partial charge in [-0.15, -0.1) is 0 Å². The van der Waals surface area contributed by atoms with E-state index in [1.54, 1.807) is 36.1 Å². The Kier molecular flexibility index (Phi) is 6.14. The minimum Gasteiger partial charge on any atom is -0.471 e. The van der Waals surface area contributed by atoms with Gasteiger partial charge in [-0.3, -0.25) is 4.79 Å². The lowest BCUT2D eigenvalue weighted by Gasteiger charge is -2.61. The third-order valence-corrected chi connectivity index (χ3v) is 9.09. The number of carbonyl (C=O) groups excluding carboxylic acids is 1. The van der Waals surface area contributed by atoms with E-state index in [1.165, 1.54) is 0 Å². The molecule has 2 atom stereocenters. The number of aromatic nitrogens is 4. The summed E-state index contributed by atoms with van der Waals surface area (Å²) in [6, 6.07) is 7.12. The van der Waals surface area contributed by atoms with Crippen LogP contribution < -0.4 is 10.1 Å². The summed E-state index contributed by atoms with van der Waals surface area (Å²) in [5.41, 5.74) is 0.732. The first kappa shape index (κ1) is 25.2. The lowest BCUT2D eigenvalue weighted by molar-refractivity contribution is -0.389. The molecule has 2 unspecified atom stereocenters. The van der Waals surface area contributed by atoms with Gasteiger partial charge in [0, 0.05) is 11.4 Å². The Morgan fingerprint density at radius 1 is 1.26 bits per heavy atom. The average molecular weight is 559 g/mol. The van der Waals surface area contributed by atoms with Crippen LogP contribution in [-0.2, 0) is 17.1 Å². The lowest BCUT2D eigenvalue weighted by atomic mass is 9.46. The van der Waals surface area contributed by atoms with Crippen LogP contribution in [0.25, 0.3) is 0 Å². The van der Waals surface area contributed by atoms with Gasteiger partial charge in [0.2, 0.25) is 5.91 Å². The Labute approximate surface area is 229 Å². The Morgan fingerprint density at radius 2 is 2.03 bits per heavy atom. The molecular formula is C26H28Cl2N6O4. The van der Waals surface area contributed by atoms with Crippen LogP contribution in [0, 0.1) is 34.3 Å². The van der Waals surface area contributed by atoms with E-state index < -0.39 is 4.92 Å². The SMILES string of the molecule is Cc1c(Cl)c([N+](=O)[O-])nn1C12CC3CC(CC(CC(=O)Nc4cnn(COc5cccc(Cl)c5)c4)(C3)C1)C2. The molecule has 1 aromatic carbocycles. The summed E-state index contributed by atoms with van der Waals surface area (Å²) in [7, 11) is 0. The van der Waals surface area contributed by atoms with Crippen molar-refractivity contribution >= 4 is 40.6 Å². The Balaban J connectivity index is 1.15. The molecule has 3 aromatic rings. The summed E-state index contributed by atoms with van der Waals surface area (Å²) in [5.74, 6) is 1.23. The van der Waals surface area contributed by atoms with E-state index in [0.717, 1.165) is 38.5 Å². The van der Waals surface area contributed by atoms with E-state index in [-0.39, 0.29) is 34.4 Å². The number of carbonyl (C=O) groups is 1. The van der Waals surface area contributed by atoms with Gasteiger partial charge in [-0.25, -0.2) is 4.68 Å². The first-order chi connectivity index (χ1) is 18.1. The molecule has 2 heterocycles. The number of nitro groups is 1. The van der Waals surface area contributed by atoms with Gasteiger partial charge in [0.05, 0.1) is 34.4 Å². The van der Waals surface area contributed by atoms with Crippen LogP contribution in [0.3, 0.4) is 0 Å². The standard InChI is InChI=1S/C26H28Cl2N6O4/c1-16-23(28)24(34(36)37)31-33(16)26-9-17-5-18(10-26)8-25(7-17,14-26)11-22(35)30-20-12-29-32(13-20)15-38-21-4-2-3-19(27)6-21/h2-4,6,12-13,17-18H,5,7-11,14-15H2,1H3,(H,30,35). The number of rotatable bonds is 8. The Hall–Kier alpha value is -3.11. The second-order valence-electron chi connectivity index (χ2n) is 11.3. The van der Waals surface area contributed by atoms with Gasteiger partial charge in [0.15, 0.2) is 11.8 Å². The molecule has 7 rings (SSSR count). The molecule has 2 aromatic heterocycles. The predicted molar refractivity (Wildman–Crippen MR) is 141 cm³/mol. The molecule has 200 valence electrons. The molecule has 4 fully saturated rings. The molecule has 0 spiro atoms. The largest absolute Gasteiger partial charge is 0.471 e. The second-order valence-corrected chi connectivity index (χ2v) is 12.1. The molecule has 1 amide bonds. The quantitative estimate of drug-likeness (QED) is 0.269. The van der Waals surface area contributed by atoms with Crippen LogP contribution in [0.5, 0.6) is 5.75 Å². The third-order valence-electron chi connectivity index (χ3n) is 8.41. The smallest absolute Gasteiger partial charge is 0.408 e. The molecule has 4 aliphatic carbocycles. The van der Waals surface area contributed by atoms with Gasteiger partial charge < -0.3 is 20.2 Å². The van der Waals surface area contributed by atoms with Gasteiger partial charge in [0.25, 0.3) is 0 Å². The number of hydrogen-bond donors (Lipinski definition) is 1. The highest BCUT2D eigenvalue weighted by atomic mass is 35.5. The van der Waals surface area contributed by atoms with Gasteiger partial charge >= 0.3 is 5.82 Å². The highest BCUT2D eigenvalue weighted by Crippen LogP contribution is 2.65. The summed E-state index contributed by atoms with van der Waals surface area (Å²) in [6.07, 6.45) is 9.45. The first-order valence-electron chi connectivity index (χ1n) is 12.7. The second kappa shape index (κ2) is 9.27. The molecule has 1 N–H and O–H groups in total. The minimum absolute atomic E-state index is 0.0568. The summed E-state index contributed by atoms with van der Waals surface area (Å²) in [4.78, 5) is 24.2. The van der Waals surface area contributed by atoms with Crippen molar-refractivity contribution in [2.24, 2.45) is 17.3 Å². The maximum Gasteiger partial charge on any atom is 0.408 e. The summed E-state index contributed by atoms with van der Waals surface area (Å²) in [5, 5.41) is 23.9. The maximum atomic E-state index is 13.3. The Morgan fingerprint density at radius 3 is 2.71 bits per heavy atom. The predicted octanol–water partition coefficient (Wildman–Crippen LogP) is 5.96. The van der Waals surface area contributed by atoms with Crippen molar-refractivity contribution in [1.29, 1.82) is 0 Å². The average Bonchev–Trinajstić information content (AvgIpc) is 3.40. The van der Waals surface area contributed by atoms with Crippen molar-refractivity contribution < 1.29 is 14.5 Å². The summed E-state index contributed by atoms with van der Waals surface area (Å²) < 4.78 is 9.14. The molecule has 4 saturated carbocycles. The van der Waals surface area contributed by atoms with Gasteiger partial charge in [-0.2, -0.15) is 9.78 Å². The number of ether oxygens (including phenoxy) is 1. The van der Waals surface area contributed by atoms with Gasteiger partial charge in [-0.1, -0.05) is 29.3 Å². The van der Waals surface area contributed by atoms with E-state index in [4.69, 9.17) is 27.9 Å². The highest BCUT2D eigenvalue weighted by Gasteiger charge is 2.60. The summed E-state index contributed by atoms with van der Waals surface area (Å²) in [6.45, 7) is 1.98. The minimum atomic E-state index is -0.518. The molecule has 4 aliphatic rings. The van der Waals surface area contributed by atoms with Gasteiger partial charge in [-0.05, 0) is 85.8 Å². The molecule has 12 heteroatoms. The van der Waals surface area contributed by atoms with Crippen LogP contribution in [0.2, 0.25) is 10.0 Å². The van der Waals surface area contributed by atoms with E-state index in [0.29, 0.717) is 40.4 Å². The summed E-state index contributed by atoms with van der Waals surface area (Å²) >= 11 is 12.3. The van der Waals surface area contributed by atoms with Crippen molar-refractivity contribution in [3.63, 3.8) is 0 Å². The van der Waals surface area contributed by atoms with Crippen molar-refractivity contribution in [2.45, 2.75) is 64.1 Å². The zero-order valence-corrected chi connectivity index (χ0v) is 22.4. The topological polar surface area (TPSA) is 117 Å². The van der Waals surface area contributed by atoms with Crippen LogP contribution in [0.1, 0.15) is 50.6 Å². The first-order valence-corrected chi connectivity index (χ1v) is 13.5. The van der Waals surface area contributed by atoms with Gasteiger partial charge in [0.1, 0.15) is 5.75 Å². The molecule has 0 saturated heterocycles. The van der Waals surface area contributed by atoms with Crippen molar-refractivity contribution in [1.82, 2.24) is 19.6 Å². The van der Waals surface area contributed by atoms with E-state index in [1.807, 2.05) is 16.8 Å². The van der Waals surface area contributed by atoms with E-state index >= 15 is 0 Å². The number of hydrogen-bond acceptors (Lipinski definition) is 6. The van der Waals surface area contributed by atoms with E-state index in [9.17, 15) is 14.9 Å². The molecule has 0 radical (unpaired) electrons. The van der Waals surface area contributed by atoms with Crippen LogP contribution in [0.4, 0.5) is 11.5 Å². The fourth-order valence-electron chi connectivity index (χ4n) is 7.65. The lowest BCUT2D eigenvalue weighted by Crippen LogP contribution is -2.57. The normalized spacial score (nSPS) is 27.4. The fraction of sp³-hybridized carbons (Fsp3) is 0.500. The molecular weight excluding hydrogens is 531 g/mol. The number of halogens is 2. The molecule has 38 heavy (non-hydrogen) atoms. The van der Waals surface area contributed by atoms with Crippen molar-refractivity contribution in [2.75, 3.05) is 5.32 Å². The number of benzene rings is 1. The molecule has 0 aliphatic heterocycles. The van der Waals surface area contributed by atoms with Crippen LogP contribution in [0.15, 0.2) is 36.7 Å². The fourth-order valence-corrected chi connectivity index (χ4v) is 8.01. The number of nitrogens with zero attached hydrogens (tertiary/aromatic N) is 5. The highest BCUT2D eigenvalue weighted by molar-refractivity contribution is 6.33. The van der Waals surface area contributed by atoms with Crippen molar-refractivity contribution in [3.8, 4) is 5.75 Å². The molecule has 10 nitrogen and oxygen atoms in total. The van der Waals surface area contributed by atoms with Crippen LogP contribution in [-0.4, -0.2) is 30.4 Å².